The van der Waals surface area contributed by atoms with Crippen molar-refractivity contribution in [2.75, 3.05) is 0 Å². The Bertz CT molecular complexity index is 741. The predicted octanol–water partition coefficient (Wildman–Crippen LogP) is 4.23. The van der Waals surface area contributed by atoms with E-state index in [1.165, 1.54) is 10.9 Å². The molecule has 3 rings (SSSR count). The van der Waals surface area contributed by atoms with Gasteiger partial charge in [-0.2, -0.15) is 0 Å². The normalized spacial score (nSPS) is 10.9. The molecule has 0 aliphatic heterocycles. The van der Waals surface area contributed by atoms with Gasteiger partial charge in [0.2, 0.25) is 0 Å². The monoisotopic (exact) mass is 233 g/mol. The Kier molecular flexibility index (Phi) is 2.52. The topological polar surface area (TPSA) is 20.2 Å². The molecule has 0 aliphatic rings. The molecule has 0 heterocycles. The van der Waals surface area contributed by atoms with Gasteiger partial charge in [0.05, 0.1) is 0 Å². The van der Waals surface area contributed by atoms with E-state index in [1.807, 2.05) is 36.4 Å². The van der Waals surface area contributed by atoms with Gasteiger partial charge in [-0.3, -0.25) is 0 Å². The van der Waals surface area contributed by atoms with E-state index in [1.54, 1.807) is 6.07 Å². The lowest BCUT2D eigenvalue weighted by molar-refractivity contribution is 0.481. The molecule has 0 saturated carbocycles. The standard InChI is InChI=1S/C17H13O/c1-2-6-14-13-8-4-3-7-12(13)11-16-15(14)9-5-10-17(16)18/h2-5,7-10,18H,1,6H2. The van der Waals surface area contributed by atoms with Crippen molar-refractivity contribution in [3.63, 3.8) is 0 Å². The van der Waals surface area contributed by atoms with Crippen LogP contribution in [0, 0.1) is 6.07 Å². The highest BCUT2D eigenvalue weighted by atomic mass is 16.3. The van der Waals surface area contributed by atoms with E-state index in [0.717, 1.165) is 22.6 Å². The lowest BCUT2D eigenvalue weighted by Crippen LogP contribution is -1.88. The van der Waals surface area contributed by atoms with Crippen LogP contribution in [-0.4, -0.2) is 5.11 Å². The molecule has 3 aromatic carbocycles. The van der Waals surface area contributed by atoms with Crippen molar-refractivity contribution >= 4 is 21.5 Å². The lowest BCUT2D eigenvalue weighted by atomic mass is 9.94. The van der Waals surface area contributed by atoms with Gasteiger partial charge in [0.15, 0.2) is 0 Å². The third-order valence-electron chi connectivity index (χ3n) is 3.23. The van der Waals surface area contributed by atoms with Crippen LogP contribution in [0.2, 0.25) is 0 Å². The van der Waals surface area contributed by atoms with Gasteiger partial charge < -0.3 is 5.11 Å². The summed E-state index contributed by atoms with van der Waals surface area (Å²) in [6.07, 6.45) is 2.68. The van der Waals surface area contributed by atoms with Gasteiger partial charge in [-0.15, -0.1) is 6.58 Å². The summed E-state index contributed by atoms with van der Waals surface area (Å²) in [4.78, 5) is 0. The third-order valence-corrected chi connectivity index (χ3v) is 3.23. The molecule has 0 unspecified atom stereocenters. The van der Waals surface area contributed by atoms with E-state index in [2.05, 4.69) is 18.7 Å². The van der Waals surface area contributed by atoms with Crippen LogP contribution in [0.5, 0.6) is 5.75 Å². The molecule has 0 aliphatic carbocycles. The van der Waals surface area contributed by atoms with Crippen molar-refractivity contribution in [3.8, 4) is 5.75 Å². The van der Waals surface area contributed by atoms with E-state index in [4.69, 9.17) is 0 Å². The van der Waals surface area contributed by atoms with Crippen molar-refractivity contribution in [1.29, 1.82) is 0 Å². The lowest BCUT2D eigenvalue weighted by Gasteiger charge is -2.10. The van der Waals surface area contributed by atoms with Crippen LogP contribution in [0.25, 0.3) is 21.5 Å². The van der Waals surface area contributed by atoms with E-state index < -0.39 is 0 Å². The van der Waals surface area contributed by atoms with Crippen molar-refractivity contribution < 1.29 is 5.11 Å². The maximum absolute atomic E-state index is 9.97. The average molecular weight is 233 g/mol. The molecule has 3 aromatic rings. The second-order valence-electron chi connectivity index (χ2n) is 4.34. The van der Waals surface area contributed by atoms with E-state index in [0.29, 0.717) is 0 Å². The summed E-state index contributed by atoms with van der Waals surface area (Å²) in [5.41, 5.74) is 1.20. The maximum Gasteiger partial charge on any atom is 0.124 e. The number of phenols is 1. The van der Waals surface area contributed by atoms with Crippen LogP contribution >= 0.6 is 0 Å². The number of hydrogen-bond donors (Lipinski definition) is 1. The Morgan fingerprint density at radius 1 is 1.06 bits per heavy atom. The first kappa shape index (κ1) is 10.8. The molecule has 0 spiro atoms. The highest BCUT2D eigenvalue weighted by Crippen LogP contribution is 2.33. The molecule has 0 bridgehead atoms. The van der Waals surface area contributed by atoms with E-state index >= 15 is 0 Å². The zero-order valence-electron chi connectivity index (χ0n) is 9.98. The van der Waals surface area contributed by atoms with Crippen molar-refractivity contribution in [3.05, 3.63) is 66.7 Å². The Morgan fingerprint density at radius 3 is 2.67 bits per heavy atom. The van der Waals surface area contributed by atoms with Gasteiger partial charge in [-0.25, -0.2) is 0 Å². The molecule has 1 radical (unpaired) electrons. The minimum Gasteiger partial charge on any atom is -0.507 e. The Balaban J connectivity index is 2.54. The fourth-order valence-corrected chi connectivity index (χ4v) is 2.42. The van der Waals surface area contributed by atoms with Crippen LogP contribution in [-0.2, 0) is 6.42 Å². The molecule has 1 heteroatoms. The van der Waals surface area contributed by atoms with Gasteiger partial charge in [-0.05, 0) is 34.2 Å². The number of fused-ring (bicyclic) bond motifs is 2. The summed E-state index contributed by atoms with van der Waals surface area (Å²) in [5.74, 6) is 0.281. The molecule has 1 N–H and O–H groups in total. The zero-order valence-corrected chi connectivity index (χ0v) is 9.98. The highest BCUT2D eigenvalue weighted by Gasteiger charge is 2.08. The molecule has 0 fully saturated rings. The van der Waals surface area contributed by atoms with Crippen LogP contribution < -0.4 is 0 Å². The maximum atomic E-state index is 9.97. The second kappa shape index (κ2) is 4.19. The fourth-order valence-electron chi connectivity index (χ4n) is 2.42. The predicted molar refractivity (Wildman–Crippen MR) is 75.9 cm³/mol. The van der Waals surface area contributed by atoms with Gasteiger partial charge >= 0.3 is 0 Å². The minimum atomic E-state index is 0.281. The Morgan fingerprint density at radius 2 is 1.83 bits per heavy atom. The number of allylic oxidation sites excluding steroid dienone is 1. The second-order valence-corrected chi connectivity index (χ2v) is 4.34. The Labute approximate surface area is 106 Å². The first-order chi connectivity index (χ1) is 8.81. The number of phenolic OH excluding ortho intramolecular Hbond substituents is 1. The summed E-state index contributed by atoms with van der Waals surface area (Å²) in [7, 11) is 0. The number of rotatable bonds is 2. The Hall–Kier alpha value is -2.28. The number of aromatic hydroxyl groups is 1. The van der Waals surface area contributed by atoms with Crippen LogP contribution in [0.15, 0.2) is 55.1 Å². The summed E-state index contributed by atoms with van der Waals surface area (Å²) in [6.45, 7) is 3.82. The van der Waals surface area contributed by atoms with Crippen LogP contribution in [0.1, 0.15) is 5.56 Å². The van der Waals surface area contributed by atoms with Gasteiger partial charge in [0.1, 0.15) is 5.75 Å². The summed E-state index contributed by atoms with van der Waals surface area (Å²) in [6, 6.07) is 17.0. The van der Waals surface area contributed by atoms with Crippen molar-refractivity contribution in [2.24, 2.45) is 0 Å². The molecule has 1 nitrogen and oxygen atoms in total. The van der Waals surface area contributed by atoms with Gasteiger partial charge in [0, 0.05) is 11.5 Å². The largest absolute Gasteiger partial charge is 0.507 e. The highest BCUT2D eigenvalue weighted by molar-refractivity contribution is 6.03. The fraction of sp³-hybridized carbons (Fsp3) is 0.0588. The van der Waals surface area contributed by atoms with Crippen molar-refractivity contribution in [2.45, 2.75) is 6.42 Å². The van der Waals surface area contributed by atoms with E-state index in [-0.39, 0.29) is 5.75 Å². The van der Waals surface area contributed by atoms with E-state index in [9.17, 15) is 5.11 Å². The van der Waals surface area contributed by atoms with Crippen LogP contribution in [0.3, 0.4) is 0 Å². The molecule has 0 atom stereocenters. The van der Waals surface area contributed by atoms with Crippen LogP contribution in [0.4, 0.5) is 0 Å². The quantitative estimate of drug-likeness (QED) is 0.519. The van der Waals surface area contributed by atoms with Crippen molar-refractivity contribution in [1.82, 2.24) is 0 Å². The summed E-state index contributed by atoms with van der Waals surface area (Å²) < 4.78 is 0. The zero-order chi connectivity index (χ0) is 12.5. The molecular formula is C17H13O. The minimum absolute atomic E-state index is 0.281. The molecular weight excluding hydrogens is 220 g/mol. The first-order valence-electron chi connectivity index (χ1n) is 5.97. The number of hydrogen-bond acceptors (Lipinski definition) is 1. The molecule has 18 heavy (non-hydrogen) atoms. The smallest absolute Gasteiger partial charge is 0.124 e. The van der Waals surface area contributed by atoms with Gasteiger partial charge in [-0.1, -0.05) is 42.5 Å². The summed E-state index contributed by atoms with van der Waals surface area (Å²) >= 11 is 0. The SMILES string of the molecule is C=CCc1c2ccccc2[c]c2c(O)cccc12. The third kappa shape index (κ3) is 1.56. The summed E-state index contributed by atoms with van der Waals surface area (Å²) in [5, 5.41) is 14.0. The molecule has 0 aromatic heterocycles. The number of benzene rings is 3. The average Bonchev–Trinajstić information content (AvgIpc) is 2.40. The molecule has 0 saturated heterocycles. The molecule has 87 valence electrons. The first-order valence-corrected chi connectivity index (χ1v) is 5.97. The van der Waals surface area contributed by atoms with Gasteiger partial charge in [0.25, 0.3) is 0 Å². The molecule has 0 amide bonds.